The van der Waals surface area contributed by atoms with Crippen molar-refractivity contribution in [2.24, 2.45) is 0 Å². The van der Waals surface area contributed by atoms with Gasteiger partial charge in [0, 0.05) is 12.8 Å². The fraction of sp³-hybridized carbons (Fsp3) is 0.596. The number of carbonyl (C=O) groups is 3. The third kappa shape index (κ3) is 18.4. The Balaban J connectivity index is 1.67. The molecule has 2 N–H and O–H groups in total. The largest absolute Gasteiger partial charge is 0.516 e. The van der Waals surface area contributed by atoms with E-state index in [9.17, 15) is 14.4 Å². The summed E-state index contributed by atoms with van der Waals surface area (Å²) in [7, 11) is -2.85. The third-order valence-electron chi connectivity index (χ3n) is 12.1. The van der Waals surface area contributed by atoms with Crippen molar-refractivity contribution < 1.29 is 23.5 Å². The smallest absolute Gasteiger partial charge is 0.408 e. The standard InChI is InChI=1S/C52H80N2O5Si/c1-8-9-10-11-12-13-14-15-16-17-18-19-20-21-22-32-39-60(51(2,3)4,52(5,6)7)59-49(56)47(41-44-35-28-24-29-36-44)53-48(55)46(40-43-33-26-23-27-34-43)54-50(57)58-42-45-37-30-25-31-38-45/h23-31,33-38,46-47H,8-22,32,39-42H2,1-7H3,(H,53,55)(H,54,57)/t46-,47-/m0/s1. The first-order valence-corrected chi connectivity index (χ1v) is 25.5. The lowest BCUT2D eigenvalue weighted by atomic mass is 10.0. The maximum Gasteiger partial charge on any atom is 0.408 e. The van der Waals surface area contributed by atoms with E-state index >= 15 is 0 Å². The van der Waals surface area contributed by atoms with E-state index in [1.54, 1.807) is 0 Å². The number of alkyl carbamates (subject to hydrolysis) is 1. The Labute approximate surface area is 365 Å². The molecule has 0 unspecified atom stereocenters. The predicted molar refractivity (Wildman–Crippen MR) is 251 cm³/mol. The van der Waals surface area contributed by atoms with Crippen LogP contribution in [-0.4, -0.2) is 38.4 Å². The summed E-state index contributed by atoms with van der Waals surface area (Å²) >= 11 is 0. The van der Waals surface area contributed by atoms with Crippen molar-refractivity contribution in [3.63, 3.8) is 0 Å². The molecule has 0 fully saturated rings. The number of benzene rings is 3. The van der Waals surface area contributed by atoms with Crippen molar-refractivity contribution in [2.45, 2.75) is 199 Å². The predicted octanol–water partition coefficient (Wildman–Crippen LogP) is 13.6. The minimum atomic E-state index is -2.85. The van der Waals surface area contributed by atoms with Crippen LogP contribution in [0.15, 0.2) is 91.0 Å². The van der Waals surface area contributed by atoms with Crippen LogP contribution >= 0.6 is 0 Å². The molecule has 8 heteroatoms. The number of unbranched alkanes of at least 4 members (excludes halogenated alkanes) is 15. The zero-order chi connectivity index (χ0) is 43.7. The molecule has 0 aromatic heterocycles. The Kier molecular flexibility index (Phi) is 22.8. The maximum atomic E-state index is 14.7. The van der Waals surface area contributed by atoms with Crippen molar-refractivity contribution in [1.82, 2.24) is 10.6 Å². The first kappa shape index (κ1) is 50.4. The molecule has 0 spiro atoms. The molecule has 60 heavy (non-hydrogen) atoms. The molecule has 0 aliphatic carbocycles. The Morgan fingerprint density at radius 2 is 0.900 bits per heavy atom. The maximum absolute atomic E-state index is 14.7. The summed E-state index contributed by atoms with van der Waals surface area (Å²) in [5.74, 6) is -0.879. The number of amides is 2. The van der Waals surface area contributed by atoms with Gasteiger partial charge in [-0.2, -0.15) is 0 Å². The first-order valence-electron chi connectivity index (χ1n) is 23.3. The lowest BCUT2D eigenvalue weighted by molar-refractivity contribution is -0.141. The van der Waals surface area contributed by atoms with Crippen LogP contribution in [0.25, 0.3) is 0 Å². The van der Waals surface area contributed by atoms with E-state index in [1.165, 1.54) is 89.9 Å². The molecule has 7 nitrogen and oxygen atoms in total. The topological polar surface area (TPSA) is 93.7 Å². The van der Waals surface area contributed by atoms with Gasteiger partial charge in [0.25, 0.3) is 8.32 Å². The summed E-state index contributed by atoms with van der Waals surface area (Å²) in [4.78, 5) is 42.1. The molecule has 3 aromatic carbocycles. The van der Waals surface area contributed by atoms with E-state index in [4.69, 9.17) is 9.16 Å². The van der Waals surface area contributed by atoms with E-state index in [0.29, 0.717) is 0 Å². The Bertz CT molecular complexity index is 1610. The van der Waals surface area contributed by atoms with Crippen molar-refractivity contribution in [3.05, 3.63) is 108 Å². The van der Waals surface area contributed by atoms with Gasteiger partial charge in [-0.05, 0) is 32.8 Å². The molecule has 0 aliphatic heterocycles. The molecular formula is C52H80N2O5Si. The Morgan fingerprint density at radius 3 is 1.32 bits per heavy atom. The van der Waals surface area contributed by atoms with E-state index in [2.05, 4.69) is 59.1 Å². The second-order valence-corrected chi connectivity index (χ2v) is 24.4. The van der Waals surface area contributed by atoms with E-state index in [-0.39, 0.29) is 29.5 Å². The van der Waals surface area contributed by atoms with E-state index in [1.807, 2.05) is 91.0 Å². The van der Waals surface area contributed by atoms with Crippen LogP contribution < -0.4 is 10.6 Å². The number of nitrogens with one attached hydrogen (secondary N) is 2. The molecular weight excluding hydrogens is 761 g/mol. The highest BCUT2D eigenvalue weighted by molar-refractivity contribution is 6.80. The number of ether oxygens (including phenoxy) is 1. The van der Waals surface area contributed by atoms with Crippen LogP contribution in [0.2, 0.25) is 16.1 Å². The molecule has 3 aromatic rings. The Hall–Kier alpha value is -3.91. The first-order chi connectivity index (χ1) is 28.8. The van der Waals surface area contributed by atoms with Gasteiger partial charge >= 0.3 is 12.1 Å². The molecule has 0 heterocycles. The quantitative estimate of drug-likeness (QED) is 0.0561. The van der Waals surface area contributed by atoms with Crippen molar-refractivity contribution in [3.8, 4) is 0 Å². The average Bonchev–Trinajstić information content (AvgIpc) is 3.22. The van der Waals surface area contributed by atoms with Crippen LogP contribution in [0.4, 0.5) is 4.79 Å². The minimum absolute atomic E-state index is 0.0705. The molecule has 332 valence electrons. The molecule has 0 aliphatic rings. The highest BCUT2D eigenvalue weighted by atomic mass is 28.4. The third-order valence-corrected chi connectivity index (χ3v) is 18.5. The highest BCUT2D eigenvalue weighted by Crippen LogP contribution is 2.54. The highest BCUT2D eigenvalue weighted by Gasteiger charge is 2.57. The Morgan fingerprint density at radius 1 is 0.517 bits per heavy atom. The average molecular weight is 841 g/mol. The van der Waals surface area contributed by atoms with Crippen LogP contribution in [0.5, 0.6) is 0 Å². The van der Waals surface area contributed by atoms with Crippen molar-refractivity contribution in [2.75, 3.05) is 0 Å². The summed E-state index contributed by atoms with van der Waals surface area (Å²) in [6.07, 6.45) is 20.8. The summed E-state index contributed by atoms with van der Waals surface area (Å²) in [6, 6.07) is 27.6. The van der Waals surface area contributed by atoms with Gasteiger partial charge in [-0.3, -0.25) is 9.59 Å². The molecule has 0 saturated carbocycles. The number of rotatable bonds is 28. The van der Waals surface area contributed by atoms with Crippen LogP contribution in [0.1, 0.15) is 168 Å². The monoisotopic (exact) mass is 841 g/mol. The number of hydrogen-bond acceptors (Lipinski definition) is 5. The van der Waals surface area contributed by atoms with Gasteiger partial charge in [-0.15, -0.1) is 0 Å². The summed E-state index contributed by atoms with van der Waals surface area (Å²) in [5.41, 5.74) is 2.62. The zero-order valence-corrected chi connectivity index (χ0v) is 39.5. The molecule has 2 amide bonds. The van der Waals surface area contributed by atoms with E-state index in [0.717, 1.165) is 35.6 Å². The van der Waals surface area contributed by atoms with Gasteiger partial charge < -0.3 is 19.8 Å². The fourth-order valence-corrected chi connectivity index (χ4v) is 14.4. The molecule has 2 atom stereocenters. The van der Waals surface area contributed by atoms with Gasteiger partial charge in [0.05, 0.1) is 0 Å². The fourth-order valence-electron chi connectivity index (χ4n) is 8.68. The van der Waals surface area contributed by atoms with Gasteiger partial charge in [0.1, 0.15) is 18.7 Å². The summed E-state index contributed by atoms with van der Waals surface area (Å²) < 4.78 is 12.5. The van der Waals surface area contributed by atoms with Crippen molar-refractivity contribution >= 4 is 26.3 Å². The minimum Gasteiger partial charge on any atom is -0.516 e. The SMILES string of the molecule is CCCCCCCCCCCCCCCCCC[Si](OC(=O)[C@H](Cc1ccccc1)NC(=O)[C@H](Cc1ccccc1)NC(=O)OCc1ccccc1)(C(C)(C)C)C(C)(C)C. The lowest BCUT2D eigenvalue weighted by Gasteiger charge is -2.50. The lowest BCUT2D eigenvalue weighted by Crippen LogP contribution is -2.59. The van der Waals surface area contributed by atoms with Crippen LogP contribution in [0.3, 0.4) is 0 Å². The molecule has 0 radical (unpaired) electrons. The van der Waals surface area contributed by atoms with Crippen LogP contribution in [0, 0.1) is 0 Å². The van der Waals surface area contributed by atoms with Crippen molar-refractivity contribution in [1.29, 1.82) is 0 Å². The second kappa shape index (κ2) is 27.1. The van der Waals surface area contributed by atoms with Gasteiger partial charge in [0.2, 0.25) is 5.91 Å². The summed E-state index contributed by atoms with van der Waals surface area (Å²) in [5, 5.41) is 5.34. The normalized spacial score (nSPS) is 13.0. The summed E-state index contributed by atoms with van der Waals surface area (Å²) in [6.45, 7) is 15.7. The van der Waals surface area contributed by atoms with Crippen LogP contribution in [-0.2, 0) is 38.2 Å². The van der Waals surface area contributed by atoms with E-state index < -0.39 is 38.4 Å². The molecule has 0 bridgehead atoms. The molecule has 0 saturated heterocycles. The number of carbonyl (C=O) groups excluding carboxylic acids is 3. The zero-order valence-electron chi connectivity index (χ0n) is 38.5. The van der Waals surface area contributed by atoms with Gasteiger partial charge in [-0.1, -0.05) is 242 Å². The molecule has 3 rings (SSSR count). The second-order valence-electron chi connectivity index (χ2n) is 19.0. The number of hydrogen-bond donors (Lipinski definition) is 2. The van der Waals surface area contributed by atoms with Gasteiger partial charge in [-0.25, -0.2) is 4.79 Å². The van der Waals surface area contributed by atoms with Gasteiger partial charge in [0.15, 0.2) is 0 Å².